The highest BCUT2D eigenvalue weighted by Gasteiger charge is 2.41. The number of carbonyl (C=O) groups is 2. The highest BCUT2D eigenvalue weighted by Crippen LogP contribution is 2.42. The quantitative estimate of drug-likeness (QED) is 0.571. The number of nitrogens with one attached hydrogen (secondary N) is 1. The van der Waals surface area contributed by atoms with Gasteiger partial charge in [0.15, 0.2) is 11.5 Å². The van der Waals surface area contributed by atoms with Crippen LogP contribution in [0.4, 0.5) is 0 Å². The molecule has 2 fully saturated rings. The maximum Gasteiger partial charge on any atom is 0.261 e. The Kier molecular flexibility index (Phi) is 8.16. The van der Waals surface area contributed by atoms with E-state index in [4.69, 9.17) is 9.47 Å². The number of methoxy groups -OCH3 is 2. The van der Waals surface area contributed by atoms with Gasteiger partial charge >= 0.3 is 0 Å². The molecule has 1 heterocycles. The minimum atomic E-state index is -0.121. The molecule has 2 aromatic rings. The molecule has 1 aliphatic carbocycles. The Morgan fingerprint density at radius 3 is 2.62 bits per heavy atom. The van der Waals surface area contributed by atoms with Crippen molar-refractivity contribution < 1.29 is 19.1 Å². The summed E-state index contributed by atoms with van der Waals surface area (Å²) >= 11 is 1.69. The molecule has 34 heavy (non-hydrogen) atoms. The van der Waals surface area contributed by atoms with E-state index >= 15 is 0 Å². The third-order valence-electron chi connectivity index (χ3n) is 6.41. The van der Waals surface area contributed by atoms with Crippen LogP contribution in [0.15, 0.2) is 53.4 Å². The van der Waals surface area contributed by atoms with Crippen LogP contribution in [-0.2, 0) is 16.0 Å². The molecule has 2 unspecified atom stereocenters. The molecule has 1 aliphatic heterocycles. The zero-order valence-corrected chi connectivity index (χ0v) is 20.6. The van der Waals surface area contributed by atoms with Gasteiger partial charge in [-0.2, -0.15) is 0 Å². The van der Waals surface area contributed by atoms with Crippen LogP contribution in [0.3, 0.4) is 0 Å². The number of ether oxygens (including phenoxy) is 2. The first kappa shape index (κ1) is 24.2. The molecule has 0 bridgehead atoms. The van der Waals surface area contributed by atoms with E-state index < -0.39 is 0 Å². The highest BCUT2D eigenvalue weighted by atomic mass is 32.2. The van der Waals surface area contributed by atoms with E-state index in [-0.39, 0.29) is 24.4 Å². The van der Waals surface area contributed by atoms with Crippen molar-refractivity contribution in [2.45, 2.75) is 43.4 Å². The van der Waals surface area contributed by atoms with Gasteiger partial charge in [-0.15, -0.1) is 11.8 Å². The van der Waals surface area contributed by atoms with Crippen LogP contribution >= 0.6 is 11.8 Å². The van der Waals surface area contributed by atoms with E-state index in [1.807, 2.05) is 54.6 Å². The predicted octanol–water partition coefficient (Wildman–Crippen LogP) is 4.29. The van der Waals surface area contributed by atoms with Gasteiger partial charge in [-0.1, -0.05) is 49.2 Å². The van der Waals surface area contributed by atoms with Gasteiger partial charge in [-0.05, 0) is 48.6 Å². The summed E-state index contributed by atoms with van der Waals surface area (Å²) in [4.78, 5) is 28.7. The van der Waals surface area contributed by atoms with Gasteiger partial charge < -0.3 is 19.7 Å². The number of hydrogen-bond donors (Lipinski definition) is 1. The maximum atomic E-state index is 13.4. The van der Waals surface area contributed by atoms with Crippen molar-refractivity contribution in [1.29, 1.82) is 0 Å². The summed E-state index contributed by atoms with van der Waals surface area (Å²) < 4.78 is 10.6. The Bertz CT molecular complexity index is 1040. The van der Waals surface area contributed by atoms with Crippen LogP contribution < -0.4 is 14.8 Å². The first-order valence-corrected chi connectivity index (χ1v) is 12.7. The monoisotopic (exact) mass is 480 g/mol. The van der Waals surface area contributed by atoms with Gasteiger partial charge in [-0.3, -0.25) is 9.59 Å². The minimum absolute atomic E-state index is 0.0351. The summed E-state index contributed by atoms with van der Waals surface area (Å²) in [6.07, 6.45) is 6.94. The lowest BCUT2D eigenvalue weighted by molar-refractivity contribution is -0.135. The molecule has 0 aromatic heterocycles. The summed E-state index contributed by atoms with van der Waals surface area (Å²) in [7, 11) is 3.21. The normalized spacial score (nSPS) is 21.2. The van der Waals surface area contributed by atoms with Gasteiger partial charge in [0.25, 0.3) is 5.91 Å². The molecule has 180 valence electrons. The molecule has 1 N–H and O–H groups in total. The van der Waals surface area contributed by atoms with Crippen molar-refractivity contribution >= 4 is 29.7 Å². The second-order valence-corrected chi connectivity index (χ2v) is 9.93. The second kappa shape index (κ2) is 11.5. The van der Waals surface area contributed by atoms with Gasteiger partial charge in [0.1, 0.15) is 6.54 Å². The lowest BCUT2D eigenvalue weighted by atomic mass is 9.93. The zero-order valence-electron chi connectivity index (χ0n) is 19.8. The van der Waals surface area contributed by atoms with Crippen molar-refractivity contribution in [3.05, 3.63) is 64.6 Å². The number of thioether (sulfide) groups is 1. The summed E-state index contributed by atoms with van der Waals surface area (Å²) in [6.45, 7) is 0.588. The fraction of sp³-hybridized carbons (Fsp3) is 0.407. The molecular formula is C27H32N2O4S. The van der Waals surface area contributed by atoms with Crippen LogP contribution in [0.5, 0.6) is 11.5 Å². The number of hydrogen-bond acceptors (Lipinski definition) is 5. The molecule has 2 atom stereocenters. The Morgan fingerprint density at radius 2 is 1.85 bits per heavy atom. The fourth-order valence-electron chi connectivity index (χ4n) is 4.66. The summed E-state index contributed by atoms with van der Waals surface area (Å²) in [5.41, 5.74) is 2.05. The molecule has 7 heteroatoms. The Labute approximate surface area is 205 Å². The predicted molar refractivity (Wildman–Crippen MR) is 136 cm³/mol. The Balaban J connectivity index is 1.39. The topological polar surface area (TPSA) is 67.9 Å². The van der Waals surface area contributed by atoms with Crippen LogP contribution in [0.2, 0.25) is 0 Å². The van der Waals surface area contributed by atoms with Gasteiger partial charge in [0.05, 0.1) is 19.1 Å². The molecule has 0 radical (unpaired) electrons. The van der Waals surface area contributed by atoms with E-state index in [1.54, 1.807) is 30.9 Å². The highest BCUT2D eigenvalue weighted by molar-refractivity contribution is 8.04. The number of nitrogens with zero attached hydrogens (tertiary/aromatic N) is 1. The number of fused-ring (bicyclic) bond motifs is 1. The van der Waals surface area contributed by atoms with Crippen molar-refractivity contribution in [3.8, 4) is 11.5 Å². The third kappa shape index (κ3) is 5.76. The SMILES string of the molecule is COc1ccc(CCNC(=O)CN2C(=O)/C(=C/c3ccccc3)SC3CCCCC32)cc1OC. The van der Waals surface area contributed by atoms with Crippen molar-refractivity contribution in [2.75, 3.05) is 27.3 Å². The molecule has 1 saturated carbocycles. The van der Waals surface area contributed by atoms with E-state index in [2.05, 4.69) is 5.32 Å². The van der Waals surface area contributed by atoms with Crippen molar-refractivity contribution in [2.24, 2.45) is 0 Å². The van der Waals surface area contributed by atoms with E-state index in [1.165, 1.54) is 6.42 Å². The molecule has 2 amide bonds. The summed E-state index contributed by atoms with van der Waals surface area (Å²) in [5, 5.41) is 3.34. The zero-order chi connectivity index (χ0) is 23.9. The van der Waals surface area contributed by atoms with E-state index in [0.717, 1.165) is 35.3 Å². The van der Waals surface area contributed by atoms with E-state index in [9.17, 15) is 9.59 Å². The third-order valence-corrected chi connectivity index (χ3v) is 7.81. The first-order valence-electron chi connectivity index (χ1n) is 11.8. The van der Waals surface area contributed by atoms with Crippen LogP contribution in [0, 0.1) is 0 Å². The maximum absolute atomic E-state index is 13.4. The average molecular weight is 481 g/mol. The molecule has 2 aromatic carbocycles. The van der Waals surface area contributed by atoms with E-state index in [0.29, 0.717) is 29.7 Å². The average Bonchev–Trinajstić information content (AvgIpc) is 2.87. The fourth-order valence-corrected chi connectivity index (χ4v) is 6.13. The first-order chi connectivity index (χ1) is 16.6. The van der Waals surface area contributed by atoms with Gasteiger partial charge in [0.2, 0.25) is 5.91 Å². The minimum Gasteiger partial charge on any atom is -0.493 e. The smallest absolute Gasteiger partial charge is 0.261 e. The molecule has 0 spiro atoms. The van der Waals surface area contributed by atoms with Crippen LogP contribution in [0.1, 0.15) is 36.8 Å². The van der Waals surface area contributed by atoms with Crippen LogP contribution in [0.25, 0.3) is 6.08 Å². The Hall–Kier alpha value is -2.93. The molecule has 1 saturated heterocycles. The summed E-state index contributed by atoms with van der Waals surface area (Å²) in [6, 6.07) is 15.8. The molecule has 4 rings (SSSR count). The summed E-state index contributed by atoms with van der Waals surface area (Å²) in [5.74, 6) is 1.19. The number of amides is 2. The number of benzene rings is 2. The number of carbonyl (C=O) groups excluding carboxylic acids is 2. The van der Waals surface area contributed by atoms with Gasteiger partial charge in [0, 0.05) is 17.8 Å². The Morgan fingerprint density at radius 1 is 1.09 bits per heavy atom. The largest absolute Gasteiger partial charge is 0.493 e. The molecule has 2 aliphatic rings. The van der Waals surface area contributed by atoms with Gasteiger partial charge in [-0.25, -0.2) is 0 Å². The number of rotatable bonds is 8. The van der Waals surface area contributed by atoms with Crippen molar-refractivity contribution in [3.63, 3.8) is 0 Å². The molecule has 6 nitrogen and oxygen atoms in total. The lowest BCUT2D eigenvalue weighted by Gasteiger charge is -2.43. The lowest BCUT2D eigenvalue weighted by Crippen LogP contribution is -2.54. The second-order valence-electron chi connectivity index (χ2n) is 8.65. The van der Waals surface area contributed by atoms with Crippen molar-refractivity contribution in [1.82, 2.24) is 10.2 Å². The standard InChI is InChI=1S/C27H32N2O4S/c1-32-22-13-12-20(16-23(22)33-2)14-15-28-26(30)18-29-21-10-6-7-11-24(21)34-25(27(29)31)17-19-8-4-3-5-9-19/h3-5,8-9,12-13,16-17,21,24H,6-7,10-11,14-15,18H2,1-2H3,(H,28,30)/b25-17-. The van der Waals surface area contributed by atoms with Crippen LogP contribution in [-0.4, -0.2) is 55.3 Å². The molecular weight excluding hydrogens is 448 g/mol.